The molecule has 1 heterocycles. The van der Waals surface area contributed by atoms with Crippen molar-refractivity contribution in [1.82, 2.24) is 14.8 Å². The van der Waals surface area contributed by atoms with E-state index in [2.05, 4.69) is 10.2 Å². The molecule has 8 heteroatoms. The van der Waals surface area contributed by atoms with Crippen LogP contribution in [0.15, 0.2) is 0 Å². The van der Waals surface area contributed by atoms with Crippen molar-refractivity contribution in [3.05, 3.63) is 11.6 Å². The molecular weight excluding hydrogens is 318 g/mol. The summed E-state index contributed by atoms with van der Waals surface area (Å²) in [6, 6.07) is 0.291. The second kappa shape index (κ2) is 5.89. The predicted molar refractivity (Wildman–Crippen MR) is 83.8 cm³/mol. The summed E-state index contributed by atoms with van der Waals surface area (Å²) in [4.78, 5) is 11.4. The third-order valence-corrected chi connectivity index (χ3v) is 6.29. The molecule has 128 valence electrons. The molecule has 2 fully saturated rings. The number of carboxylic acid groups (broad SMARTS) is 1. The molecule has 23 heavy (non-hydrogen) atoms. The molecule has 0 saturated heterocycles. The molecule has 0 aliphatic heterocycles. The van der Waals surface area contributed by atoms with Crippen LogP contribution in [0.2, 0.25) is 0 Å². The van der Waals surface area contributed by atoms with Gasteiger partial charge in [-0.25, -0.2) is 8.42 Å². The summed E-state index contributed by atoms with van der Waals surface area (Å²) >= 11 is 0. The minimum Gasteiger partial charge on any atom is -0.480 e. The van der Waals surface area contributed by atoms with Gasteiger partial charge in [-0.05, 0) is 38.0 Å². The van der Waals surface area contributed by atoms with Crippen molar-refractivity contribution in [1.29, 1.82) is 0 Å². The van der Waals surface area contributed by atoms with Crippen LogP contribution >= 0.6 is 0 Å². The summed E-state index contributed by atoms with van der Waals surface area (Å²) in [5, 5.41) is 16.2. The van der Waals surface area contributed by atoms with Crippen LogP contribution < -0.4 is 0 Å². The van der Waals surface area contributed by atoms with Gasteiger partial charge in [0, 0.05) is 12.0 Å². The minimum atomic E-state index is -3.81. The molecule has 1 aromatic rings. The summed E-state index contributed by atoms with van der Waals surface area (Å²) in [6.45, 7) is 3.65. The highest BCUT2D eigenvalue weighted by Gasteiger charge is 2.39. The molecule has 1 unspecified atom stereocenters. The lowest BCUT2D eigenvalue weighted by atomic mass is 10.1. The van der Waals surface area contributed by atoms with E-state index in [9.17, 15) is 18.3 Å². The number of sulfone groups is 1. The number of carbonyl (C=O) groups is 1. The van der Waals surface area contributed by atoms with E-state index >= 15 is 0 Å². The maximum absolute atomic E-state index is 12.6. The molecule has 0 aromatic carbocycles. The summed E-state index contributed by atoms with van der Waals surface area (Å²) in [5.41, 5.74) is 0. The van der Waals surface area contributed by atoms with Crippen molar-refractivity contribution < 1.29 is 18.3 Å². The van der Waals surface area contributed by atoms with Gasteiger partial charge in [-0.15, -0.1) is 10.2 Å². The summed E-state index contributed by atoms with van der Waals surface area (Å²) < 4.78 is 27.2. The Morgan fingerprint density at radius 3 is 2.39 bits per heavy atom. The molecular formula is C15H23N3O4S. The number of hydrogen-bond donors (Lipinski definition) is 1. The fraction of sp³-hybridized carbons (Fsp3) is 0.800. The molecule has 2 aliphatic rings. The first-order valence-electron chi connectivity index (χ1n) is 8.17. The van der Waals surface area contributed by atoms with Crippen LogP contribution in [0.5, 0.6) is 0 Å². The Hall–Kier alpha value is -1.44. The Bertz CT molecular complexity index is 702. The SMILES string of the molecule is CC(C)CC(C(=O)O)S(=O)(=O)Cc1nnc(C2CC2)n1C1CC1. The quantitative estimate of drug-likeness (QED) is 0.775. The highest BCUT2D eigenvalue weighted by Crippen LogP contribution is 2.45. The van der Waals surface area contributed by atoms with Gasteiger partial charge < -0.3 is 9.67 Å². The molecule has 1 N–H and O–H groups in total. The molecule has 3 rings (SSSR count). The first-order valence-corrected chi connectivity index (χ1v) is 9.89. The fourth-order valence-corrected chi connectivity index (χ4v) is 4.64. The van der Waals surface area contributed by atoms with Gasteiger partial charge in [0.2, 0.25) is 0 Å². The van der Waals surface area contributed by atoms with Gasteiger partial charge in [-0.2, -0.15) is 0 Å². The first-order chi connectivity index (χ1) is 10.8. The van der Waals surface area contributed by atoms with E-state index < -0.39 is 21.1 Å². The number of aromatic nitrogens is 3. The van der Waals surface area contributed by atoms with Gasteiger partial charge in [0.25, 0.3) is 0 Å². The van der Waals surface area contributed by atoms with Crippen LogP contribution in [-0.4, -0.2) is 39.5 Å². The van der Waals surface area contributed by atoms with Crippen LogP contribution in [0.4, 0.5) is 0 Å². The lowest BCUT2D eigenvalue weighted by Crippen LogP contribution is -2.33. The van der Waals surface area contributed by atoms with Crippen LogP contribution in [-0.2, 0) is 20.4 Å². The van der Waals surface area contributed by atoms with Gasteiger partial charge in [0.15, 0.2) is 15.1 Å². The maximum atomic E-state index is 12.6. The van der Waals surface area contributed by atoms with Crippen LogP contribution in [0, 0.1) is 5.92 Å². The highest BCUT2D eigenvalue weighted by molar-refractivity contribution is 7.92. The molecule has 7 nitrogen and oxygen atoms in total. The topological polar surface area (TPSA) is 102 Å². The molecule has 2 aliphatic carbocycles. The summed E-state index contributed by atoms with van der Waals surface area (Å²) in [7, 11) is -3.81. The molecule has 0 spiro atoms. The smallest absolute Gasteiger partial charge is 0.321 e. The second-order valence-electron chi connectivity index (χ2n) is 7.11. The van der Waals surface area contributed by atoms with Gasteiger partial charge in [0.1, 0.15) is 17.4 Å². The third kappa shape index (κ3) is 3.57. The molecule has 1 aromatic heterocycles. The third-order valence-electron chi connectivity index (χ3n) is 4.37. The first kappa shape index (κ1) is 16.4. The fourth-order valence-electron chi connectivity index (χ4n) is 2.90. The predicted octanol–water partition coefficient (Wildman–Crippen LogP) is 1.90. The molecule has 2 saturated carbocycles. The summed E-state index contributed by atoms with van der Waals surface area (Å²) in [6.07, 6.45) is 4.29. The number of hydrogen-bond acceptors (Lipinski definition) is 5. The van der Waals surface area contributed by atoms with Crippen LogP contribution in [0.1, 0.15) is 69.6 Å². The van der Waals surface area contributed by atoms with Gasteiger partial charge in [-0.3, -0.25) is 4.79 Å². The van der Waals surface area contributed by atoms with Gasteiger partial charge in [-0.1, -0.05) is 13.8 Å². The van der Waals surface area contributed by atoms with Crippen molar-refractivity contribution >= 4 is 15.8 Å². The van der Waals surface area contributed by atoms with Gasteiger partial charge in [0.05, 0.1) is 0 Å². The molecule has 0 radical (unpaired) electrons. The van der Waals surface area contributed by atoms with Crippen molar-refractivity contribution in [3.63, 3.8) is 0 Å². The van der Waals surface area contributed by atoms with Crippen molar-refractivity contribution in [3.8, 4) is 0 Å². The average Bonchev–Trinajstić information content (AvgIpc) is 3.34. The number of aliphatic carboxylic acids is 1. The van der Waals surface area contributed by atoms with E-state index in [0.717, 1.165) is 31.5 Å². The van der Waals surface area contributed by atoms with Crippen molar-refractivity contribution in [2.75, 3.05) is 0 Å². The van der Waals surface area contributed by atoms with Crippen molar-refractivity contribution in [2.45, 2.75) is 68.9 Å². The largest absolute Gasteiger partial charge is 0.480 e. The molecule has 1 atom stereocenters. The van der Waals surface area contributed by atoms with E-state index in [4.69, 9.17) is 0 Å². The average molecular weight is 341 g/mol. The van der Waals surface area contributed by atoms with E-state index in [1.54, 1.807) is 0 Å². The Kier molecular flexibility index (Phi) is 4.20. The Labute approximate surface area is 136 Å². The van der Waals surface area contributed by atoms with E-state index in [1.165, 1.54) is 0 Å². The normalized spacial score (nSPS) is 20.0. The molecule has 0 bridgehead atoms. The van der Waals surface area contributed by atoms with Gasteiger partial charge >= 0.3 is 5.97 Å². The second-order valence-corrected chi connectivity index (χ2v) is 9.30. The van der Waals surface area contributed by atoms with Crippen LogP contribution in [0.3, 0.4) is 0 Å². The van der Waals surface area contributed by atoms with E-state index in [1.807, 2.05) is 18.4 Å². The highest BCUT2D eigenvalue weighted by atomic mass is 32.2. The zero-order valence-corrected chi connectivity index (χ0v) is 14.3. The van der Waals surface area contributed by atoms with E-state index in [-0.39, 0.29) is 18.1 Å². The number of nitrogens with zero attached hydrogens (tertiary/aromatic N) is 3. The zero-order valence-electron chi connectivity index (χ0n) is 13.5. The monoisotopic (exact) mass is 341 g/mol. The summed E-state index contributed by atoms with van der Waals surface area (Å²) in [5.74, 6) is 0.0588. The molecule has 0 amide bonds. The maximum Gasteiger partial charge on any atom is 0.321 e. The number of carboxylic acids is 1. The lowest BCUT2D eigenvalue weighted by Gasteiger charge is -2.16. The van der Waals surface area contributed by atoms with Crippen LogP contribution in [0.25, 0.3) is 0 Å². The Balaban J connectivity index is 1.86. The zero-order chi connectivity index (χ0) is 16.8. The number of rotatable bonds is 8. The Morgan fingerprint density at radius 1 is 1.26 bits per heavy atom. The Morgan fingerprint density at radius 2 is 1.91 bits per heavy atom. The minimum absolute atomic E-state index is 0.00537. The standard InChI is InChI=1S/C15H23N3O4S/c1-9(2)7-12(15(19)20)23(21,22)8-13-16-17-14(10-3-4-10)18(13)11-5-6-11/h9-12H,3-8H2,1-2H3,(H,19,20). The van der Waals surface area contributed by atoms with E-state index in [0.29, 0.717) is 17.8 Å². The lowest BCUT2D eigenvalue weighted by molar-refractivity contribution is -0.136. The van der Waals surface area contributed by atoms with Crippen molar-refractivity contribution in [2.24, 2.45) is 5.92 Å².